The molecule has 0 aromatic carbocycles. The van der Waals surface area contributed by atoms with E-state index in [1.165, 1.54) is 103 Å². The third-order valence-electron chi connectivity index (χ3n) is 4.43. The van der Waals surface area contributed by atoms with Gasteiger partial charge in [0.25, 0.3) is 0 Å². The van der Waals surface area contributed by atoms with Crippen molar-refractivity contribution in [3.63, 3.8) is 0 Å². The van der Waals surface area contributed by atoms with Crippen LogP contribution in [0, 0.1) is 0 Å². The highest BCUT2D eigenvalue weighted by molar-refractivity contribution is 4.62. The Bertz CT molecular complexity index is 182. The molecule has 0 bridgehead atoms. The highest BCUT2D eigenvalue weighted by Gasteiger charge is 2.02. The van der Waals surface area contributed by atoms with Crippen LogP contribution in [0.25, 0.3) is 0 Å². The van der Waals surface area contributed by atoms with E-state index in [1.54, 1.807) is 0 Å². The number of rotatable bonds is 17. The molecule has 0 radical (unpaired) electrons. The quantitative estimate of drug-likeness (QED) is 0.353. The average Bonchev–Trinajstić information content (AvgIpc) is 2.49. The summed E-state index contributed by atoms with van der Waals surface area (Å²) in [6.07, 6.45) is 20.5. The molecule has 0 aromatic rings. The van der Waals surface area contributed by atoms with Gasteiger partial charge in [-0.2, -0.15) is 0 Å². The fraction of sp³-hybridized carbons (Fsp3) is 1.00. The van der Waals surface area contributed by atoms with Crippen molar-refractivity contribution in [3.05, 3.63) is 0 Å². The Hall–Kier alpha value is -0.0800. The maximum absolute atomic E-state index is 6.20. The van der Waals surface area contributed by atoms with E-state index < -0.39 is 0 Å². The van der Waals surface area contributed by atoms with Crippen molar-refractivity contribution in [2.45, 2.75) is 109 Å². The predicted molar refractivity (Wildman–Crippen MR) is 96.8 cm³/mol. The summed E-state index contributed by atoms with van der Waals surface area (Å²) < 4.78 is 0. The molecular weight excluding hydrogens is 256 g/mol. The Morgan fingerprint density at radius 3 is 1.57 bits per heavy atom. The van der Waals surface area contributed by atoms with Gasteiger partial charge >= 0.3 is 0 Å². The highest BCUT2D eigenvalue weighted by Crippen LogP contribution is 2.13. The molecule has 3 N–H and O–H groups in total. The Morgan fingerprint density at radius 1 is 0.667 bits per heavy atom. The summed E-state index contributed by atoms with van der Waals surface area (Å²) in [4.78, 5) is 0. The van der Waals surface area contributed by atoms with Crippen molar-refractivity contribution in [3.8, 4) is 0 Å². The maximum Gasteiger partial charge on any atom is 0.00388 e. The third kappa shape index (κ3) is 17.9. The summed E-state index contributed by atoms with van der Waals surface area (Å²) in [5.41, 5.74) is 6.20. The van der Waals surface area contributed by atoms with E-state index in [4.69, 9.17) is 5.73 Å². The highest BCUT2D eigenvalue weighted by atomic mass is 14.8. The van der Waals surface area contributed by atoms with E-state index in [1.807, 2.05) is 7.05 Å². The molecule has 0 aromatic heterocycles. The summed E-state index contributed by atoms with van der Waals surface area (Å²) >= 11 is 0. The van der Waals surface area contributed by atoms with Gasteiger partial charge in [-0.15, -0.1) is 0 Å². The van der Waals surface area contributed by atoms with Crippen molar-refractivity contribution in [2.75, 3.05) is 13.6 Å². The lowest BCUT2D eigenvalue weighted by Gasteiger charge is -2.11. The molecule has 0 saturated heterocycles. The van der Waals surface area contributed by atoms with Crippen molar-refractivity contribution < 1.29 is 0 Å². The molecule has 0 aliphatic rings. The zero-order valence-electron chi connectivity index (χ0n) is 15.0. The van der Waals surface area contributed by atoms with Gasteiger partial charge in [0.2, 0.25) is 0 Å². The van der Waals surface area contributed by atoms with Crippen LogP contribution in [-0.4, -0.2) is 19.6 Å². The van der Waals surface area contributed by atoms with Crippen molar-refractivity contribution in [1.29, 1.82) is 0 Å². The van der Waals surface area contributed by atoms with Crippen molar-refractivity contribution >= 4 is 0 Å². The normalized spacial score (nSPS) is 12.7. The second kappa shape index (κ2) is 18.0. The van der Waals surface area contributed by atoms with Gasteiger partial charge in [-0.1, -0.05) is 84.0 Å². The molecule has 2 nitrogen and oxygen atoms in total. The first-order valence-electron chi connectivity index (χ1n) is 9.71. The van der Waals surface area contributed by atoms with E-state index in [9.17, 15) is 0 Å². The number of hydrogen-bond acceptors (Lipinski definition) is 2. The monoisotopic (exact) mass is 298 g/mol. The number of hydrogen-bond donors (Lipinski definition) is 2. The van der Waals surface area contributed by atoms with E-state index in [-0.39, 0.29) is 0 Å². The van der Waals surface area contributed by atoms with Crippen LogP contribution in [-0.2, 0) is 0 Å². The zero-order chi connectivity index (χ0) is 15.6. The van der Waals surface area contributed by atoms with Crippen LogP contribution >= 0.6 is 0 Å². The molecule has 0 spiro atoms. The molecule has 0 heterocycles. The molecule has 0 amide bonds. The van der Waals surface area contributed by atoms with Gasteiger partial charge in [0, 0.05) is 6.04 Å². The maximum atomic E-state index is 6.20. The van der Waals surface area contributed by atoms with Crippen LogP contribution in [0.3, 0.4) is 0 Å². The molecule has 0 aliphatic heterocycles. The van der Waals surface area contributed by atoms with Crippen LogP contribution < -0.4 is 11.1 Å². The summed E-state index contributed by atoms with van der Waals surface area (Å²) in [7, 11) is 2.04. The number of nitrogens with one attached hydrogen (secondary N) is 1. The van der Waals surface area contributed by atoms with Crippen molar-refractivity contribution in [1.82, 2.24) is 5.32 Å². The second-order valence-corrected chi connectivity index (χ2v) is 6.68. The smallest absolute Gasteiger partial charge is 0.00388 e. The Kier molecular flexibility index (Phi) is 17.9. The first-order chi connectivity index (χ1) is 10.3. The minimum Gasteiger partial charge on any atom is -0.328 e. The van der Waals surface area contributed by atoms with E-state index in [2.05, 4.69) is 12.2 Å². The Morgan fingerprint density at radius 2 is 1.10 bits per heavy atom. The average molecular weight is 299 g/mol. The van der Waals surface area contributed by atoms with Gasteiger partial charge in [-0.05, 0) is 32.9 Å². The van der Waals surface area contributed by atoms with Gasteiger partial charge in [0.05, 0.1) is 0 Å². The second-order valence-electron chi connectivity index (χ2n) is 6.68. The number of nitrogens with two attached hydrogens (primary N) is 1. The van der Waals surface area contributed by atoms with Crippen LogP contribution in [0.1, 0.15) is 103 Å². The van der Waals surface area contributed by atoms with Gasteiger partial charge in [-0.25, -0.2) is 0 Å². The van der Waals surface area contributed by atoms with E-state index >= 15 is 0 Å². The third-order valence-corrected chi connectivity index (χ3v) is 4.43. The lowest BCUT2D eigenvalue weighted by molar-refractivity contribution is 0.482. The van der Waals surface area contributed by atoms with Crippen LogP contribution in [0.5, 0.6) is 0 Å². The summed E-state index contributed by atoms with van der Waals surface area (Å²) in [6.45, 7) is 3.45. The van der Waals surface area contributed by atoms with E-state index in [0.29, 0.717) is 6.04 Å². The lowest BCUT2D eigenvalue weighted by Crippen LogP contribution is -2.19. The molecule has 2 heteroatoms. The van der Waals surface area contributed by atoms with Crippen LogP contribution in [0.2, 0.25) is 0 Å². The Balaban J connectivity index is 3.10. The molecule has 128 valence electrons. The Labute approximate surface area is 134 Å². The minimum atomic E-state index is 0.465. The largest absolute Gasteiger partial charge is 0.328 e. The number of unbranched alkanes of at least 4 members (excludes halogenated alkanes) is 11. The first kappa shape index (κ1) is 20.9. The van der Waals surface area contributed by atoms with Gasteiger partial charge < -0.3 is 11.1 Å². The SMILES string of the molecule is CCCCCCCCC(N)CCCCCCCCCNC. The predicted octanol–water partition coefficient (Wildman–Crippen LogP) is 5.40. The standard InChI is InChI=1S/C19H42N2/c1-3-4-5-6-10-13-16-19(20)17-14-11-8-7-9-12-15-18-21-2/h19,21H,3-18,20H2,1-2H3. The summed E-state index contributed by atoms with van der Waals surface area (Å²) in [5.74, 6) is 0. The fourth-order valence-corrected chi connectivity index (χ4v) is 2.92. The topological polar surface area (TPSA) is 38.0 Å². The summed E-state index contributed by atoms with van der Waals surface area (Å²) in [5, 5.41) is 3.21. The minimum absolute atomic E-state index is 0.465. The van der Waals surface area contributed by atoms with Crippen LogP contribution in [0.4, 0.5) is 0 Å². The first-order valence-corrected chi connectivity index (χ1v) is 9.71. The molecule has 1 unspecified atom stereocenters. The van der Waals surface area contributed by atoms with Gasteiger partial charge in [0.1, 0.15) is 0 Å². The molecular formula is C19H42N2. The lowest BCUT2D eigenvalue weighted by atomic mass is 10.0. The van der Waals surface area contributed by atoms with Gasteiger partial charge in [-0.3, -0.25) is 0 Å². The van der Waals surface area contributed by atoms with Crippen LogP contribution in [0.15, 0.2) is 0 Å². The molecule has 0 aliphatic carbocycles. The molecule has 1 atom stereocenters. The molecule has 0 fully saturated rings. The molecule has 21 heavy (non-hydrogen) atoms. The molecule has 0 rings (SSSR count). The van der Waals surface area contributed by atoms with E-state index in [0.717, 1.165) is 0 Å². The molecule has 0 saturated carbocycles. The van der Waals surface area contributed by atoms with Gasteiger partial charge in [0.15, 0.2) is 0 Å². The fourth-order valence-electron chi connectivity index (χ4n) is 2.92. The summed E-state index contributed by atoms with van der Waals surface area (Å²) in [6, 6.07) is 0.465. The van der Waals surface area contributed by atoms with Crippen molar-refractivity contribution in [2.24, 2.45) is 5.73 Å². The zero-order valence-corrected chi connectivity index (χ0v) is 15.0.